The quantitative estimate of drug-likeness (QED) is 0.494. The number of hydrogen-bond acceptors (Lipinski definition) is 4. The van der Waals surface area contributed by atoms with E-state index in [-0.39, 0.29) is 5.91 Å². The van der Waals surface area contributed by atoms with Crippen LogP contribution in [0.2, 0.25) is 0 Å². The van der Waals surface area contributed by atoms with Gasteiger partial charge in [0.25, 0.3) is 5.91 Å². The van der Waals surface area contributed by atoms with Gasteiger partial charge in [-0.25, -0.2) is 5.43 Å². The molecule has 0 aromatic heterocycles. The molecular formula is C23H22N2O3. The van der Waals surface area contributed by atoms with Crippen molar-refractivity contribution >= 4 is 12.1 Å². The maximum Gasteiger partial charge on any atom is 0.271 e. The number of aryl methyl sites for hydroxylation is 1. The van der Waals surface area contributed by atoms with Crippen molar-refractivity contribution in [3.63, 3.8) is 0 Å². The van der Waals surface area contributed by atoms with Gasteiger partial charge in [-0.15, -0.1) is 0 Å². The molecule has 0 radical (unpaired) electrons. The van der Waals surface area contributed by atoms with Gasteiger partial charge in [-0.3, -0.25) is 4.79 Å². The molecule has 0 fully saturated rings. The maximum atomic E-state index is 12.1. The fourth-order valence-corrected chi connectivity index (χ4v) is 2.50. The summed E-state index contributed by atoms with van der Waals surface area (Å²) in [4.78, 5) is 12.1. The summed E-state index contributed by atoms with van der Waals surface area (Å²) in [7, 11) is 1.56. The molecule has 0 spiro atoms. The summed E-state index contributed by atoms with van der Waals surface area (Å²) in [5, 5.41) is 4.00. The minimum atomic E-state index is -0.298. The highest BCUT2D eigenvalue weighted by atomic mass is 16.5. The number of rotatable bonds is 7. The number of methoxy groups -OCH3 is 1. The third-order valence-corrected chi connectivity index (χ3v) is 4.12. The first kappa shape index (κ1) is 19.2. The van der Waals surface area contributed by atoms with E-state index in [0.29, 0.717) is 17.9 Å². The topological polar surface area (TPSA) is 59.9 Å². The molecule has 0 saturated heterocycles. The fourth-order valence-electron chi connectivity index (χ4n) is 2.50. The summed E-state index contributed by atoms with van der Waals surface area (Å²) in [6, 6.07) is 22.7. The van der Waals surface area contributed by atoms with E-state index in [9.17, 15) is 4.79 Å². The van der Waals surface area contributed by atoms with Crippen molar-refractivity contribution in [1.82, 2.24) is 5.43 Å². The molecule has 0 saturated carbocycles. The minimum absolute atomic E-state index is 0.298. The molecule has 142 valence electrons. The lowest BCUT2D eigenvalue weighted by atomic mass is 10.2. The van der Waals surface area contributed by atoms with E-state index in [1.54, 1.807) is 37.6 Å². The second-order valence-electron chi connectivity index (χ2n) is 6.27. The molecule has 0 aliphatic rings. The zero-order valence-electron chi connectivity index (χ0n) is 15.9. The highest BCUT2D eigenvalue weighted by molar-refractivity contribution is 5.95. The van der Waals surface area contributed by atoms with Gasteiger partial charge in [0, 0.05) is 5.56 Å². The Bertz CT molecular complexity index is 948. The lowest BCUT2D eigenvalue weighted by Gasteiger charge is -2.07. The maximum absolute atomic E-state index is 12.1. The van der Waals surface area contributed by atoms with Gasteiger partial charge < -0.3 is 9.47 Å². The van der Waals surface area contributed by atoms with E-state index in [1.807, 2.05) is 24.3 Å². The number of ether oxygens (including phenoxy) is 2. The number of hydrazone groups is 1. The van der Waals surface area contributed by atoms with Gasteiger partial charge >= 0.3 is 0 Å². The number of carbonyl (C=O) groups excluding carboxylic acids is 1. The number of hydrogen-bond donors (Lipinski definition) is 1. The van der Waals surface area contributed by atoms with Crippen LogP contribution < -0.4 is 14.9 Å². The average molecular weight is 374 g/mol. The van der Waals surface area contributed by atoms with Crippen LogP contribution >= 0.6 is 0 Å². The van der Waals surface area contributed by atoms with Crippen LogP contribution in [0.4, 0.5) is 0 Å². The average Bonchev–Trinajstić information content (AvgIpc) is 2.74. The van der Waals surface area contributed by atoms with Crippen LogP contribution in [0.3, 0.4) is 0 Å². The van der Waals surface area contributed by atoms with Gasteiger partial charge in [0.1, 0.15) is 18.1 Å². The van der Waals surface area contributed by atoms with E-state index in [4.69, 9.17) is 9.47 Å². The minimum Gasteiger partial charge on any atom is -0.497 e. The molecule has 0 aliphatic carbocycles. The molecule has 28 heavy (non-hydrogen) atoms. The van der Waals surface area contributed by atoms with Gasteiger partial charge in [0.05, 0.1) is 13.3 Å². The van der Waals surface area contributed by atoms with Gasteiger partial charge in [-0.2, -0.15) is 5.10 Å². The molecule has 3 aromatic rings. The summed E-state index contributed by atoms with van der Waals surface area (Å²) in [6.07, 6.45) is 1.59. The molecule has 0 bridgehead atoms. The summed E-state index contributed by atoms with van der Waals surface area (Å²) < 4.78 is 10.9. The van der Waals surface area contributed by atoms with Crippen molar-refractivity contribution in [3.05, 3.63) is 95.1 Å². The Morgan fingerprint density at radius 1 is 1.00 bits per heavy atom. The molecule has 0 atom stereocenters. The second-order valence-corrected chi connectivity index (χ2v) is 6.27. The predicted molar refractivity (Wildman–Crippen MR) is 110 cm³/mol. The first-order valence-electron chi connectivity index (χ1n) is 8.90. The summed E-state index contributed by atoms with van der Waals surface area (Å²) in [6.45, 7) is 2.58. The highest BCUT2D eigenvalue weighted by Gasteiger charge is 2.05. The van der Waals surface area contributed by atoms with Crippen LogP contribution in [0.25, 0.3) is 0 Å². The van der Waals surface area contributed by atoms with Crippen molar-refractivity contribution < 1.29 is 14.3 Å². The Labute approximate surface area is 164 Å². The Kier molecular flexibility index (Phi) is 6.41. The molecule has 5 heteroatoms. The first-order chi connectivity index (χ1) is 13.6. The number of benzene rings is 3. The SMILES string of the molecule is COc1cccc(C(=O)NN=Cc2ccc(OCc3ccc(C)cc3)cc2)c1. The Balaban J connectivity index is 1.51. The number of nitrogens with zero attached hydrogens (tertiary/aromatic N) is 1. The van der Waals surface area contributed by atoms with Crippen LogP contribution in [0.15, 0.2) is 77.9 Å². The van der Waals surface area contributed by atoms with E-state index in [2.05, 4.69) is 41.7 Å². The van der Waals surface area contributed by atoms with E-state index < -0.39 is 0 Å². The molecule has 3 rings (SSSR count). The van der Waals surface area contributed by atoms with Gasteiger partial charge in [-0.05, 0) is 60.5 Å². The summed E-state index contributed by atoms with van der Waals surface area (Å²) in [5.41, 5.74) is 6.20. The third-order valence-electron chi connectivity index (χ3n) is 4.12. The van der Waals surface area contributed by atoms with Crippen LogP contribution in [0.5, 0.6) is 11.5 Å². The molecule has 3 aromatic carbocycles. The summed E-state index contributed by atoms with van der Waals surface area (Å²) in [5.74, 6) is 1.10. The molecule has 0 heterocycles. The standard InChI is InChI=1S/C23H22N2O3/c1-17-6-8-19(9-7-17)16-28-21-12-10-18(11-13-21)15-24-25-23(26)20-4-3-5-22(14-20)27-2/h3-15H,16H2,1-2H3,(H,25,26). The van der Waals surface area contributed by atoms with Crippen molar-refractivity contribution in [2.75, 3.05) is 7.11 Å². The van der Waals surface area contributed by atoms with Crippen LogP contribution in [0.1, 0.15) is 27.0 Å². The van der Waals surface area contributed by atoms with Crippen LogP contribution in [0, 0.1) is 6.92 Å². The Morgan fingerprint density at radius 3 is 2.46 bits per heavy atom. The Morgan fingerprint density at radius 2 is 1.75 bits per heavy atom. The molecule has 5 nitrogen and oxygen atoms in total. The number of amides is 1. The molecule has 1 amide bonds. The molecular weight excluding hydrogens is 352 g/mol. The molecule has 1 N–H and O–H groups in total. The first-order valence-corrected chi connectivity index (χ1v) is 8.90. The van der Waals surface area contributed by atoms with Crippen molar-refractivity contribution in [3.8, 4) is 11.5 Å². The summed E-state index contributed by atoms with van der Waals surface area (Å²) >= 11 is 0. The van der Waals surface area contributed by atoms with E-state index >= 15 is 0 Å². The van der Waals surface area contributed by atoms with Crippen molar-refractivity contribution in [2.45, 2.75) is 13.5 Å². The largest absolute Gasteiger partial charge is 0.497 e. The predicted octanol–water partition coefficient (Wildman–Crippen LogP) is 4.35. The van der Waals surface area contributed by atoms with Crippen LogP contribution in [-0.4, -0.2) is 19.2 Å². The molecule has 0 aliphatic heterocycles. The smallest absolute Gasteiger partial charge is 0.271 e. The lowest BCUT2D eigenvalue weighted by Crippen LogP contribution is -2.17. The van der Waals surface area contributed by atoms with E-state index in [1.165, 1.54) is 5.56 Å². The zero-order chi connectivity index (χ0) is 19.8. The van der Waals surface area contributed by atoms with E-state index in [0.717, 1.165) is 16.9 Å². The third kappa shape index (κ3) is 5.45. The van der Waals surface area contributed by atoms with Gasteiger partial charge in [0.2, 0.25) is 0 Å². The van der Waals surface area contributed by atoms with Crippen molar-refractivity contribution in [2.24, 2.45) is 5.10 Å². The normalized spacial score (nSPS) is 10.6. The number of carbonyl (C=O) groups is 1. The molecule has 0 unspecified atom stereocenters. The second kappa shape index (κ2) is 9.37. The highest BCUT2D eigenvalue weighted by Crippen LogP contribution is 2.14. The fraction of sp³-hybridized carbons (Fsp3) is 0.130. The van der Waals surface area contributed by atoms with Gasteiger partial charge in [-0.1, -0.05) is 35.9 Å². The van der Waals surface area contributed by atoms with Gasteiger partial charge in [0.15, 0.2) is 0 Å². The van der Waals surface area contributed by atoms with Crippen molar-refractivity contribution in [1.29, 1.82) is 0 Å². The lowest BCUT2D eigenvalue weighted by molar-refractivity contribution is 0.0955. The zero-order valence-corrected chi connectivity index (χ0v) is 15.9. The Hall–Kier alpha value is -3.60. The van der Waals surface area contributed by atoms with Crippen LogP contribution in [-0.2, 0) is 6.61 Å². The monoisotopic (exact) mass is 374 g/mol. The number of nitrogens with one attached hydrogen (secondary N) is 1.